The van der Waals surface area contributed by atoms with Crippen molar-refractivity contribution in [2.75, 3.05) is 24.4 Å². The molecule has 0 bridgehead atoms. The number of benzene rings is 1. The van der Waals surface area contributed by atoms with Crippen LogP contribution in [0.1, 0.15) is 33.6 Å². The van der Waals surface area contributed by atoms with Crippen molar-refractivity contribution in [3.63, 3.8) is 0 Å². The van der Waals surface area contributed by atoms with Gasteiger partial charge in [-0.05, 0) is 37.6 Å². The third-order valence-electron chi connectivity index (χ3n) is 5.77. The zero-order valence-electron chi connectivity index (χ0n) is 20.5. The Labute approximate surface area is 219 Å². The zero-order chi connectivity index (χ0) is 27.4. The van der Waals surface area contributed by atoms with Gasteiger partial charge in [0.05, 0.1) is 22.9 Å². The molecule has 2 aliphatic rings. The number of anilines is 1. The SMILES string of the molecule is CCOC(=O)C1=CC2(CCC1S(=O)(=O)Nc1ccc(F)cc1Cl)OC(CNC(C)=O)C(CNC(C)=O)O2. The fourth-order valence-electron chi connectivity index (χ4n) is 4.13. The molecule has 37 heavy (non-hydrogen) atoms. The van der Waals surface area contributed by atoms with Crippen LogP contribution in [-0.2, 0) is 38.6 Å². The molecule has 11 nitrogen and oxygen atoms in total. The molecule has 3 N–H and O–H groups in total. The molecular weight excluding hydrogens is 533 g/mol. The monoisotopic (exact) mass is 561 g/mol. The summed E-state index contributed by atoms with van der Waals surface area (Å²) in [4.78, 5) is 35.8. The van der Waals surface area contributed by atoms with Gasteiger partial charge in [-0.1, -0.05) is 11.6 Å². The number of amides is 2. The zero-order valence-corrected chi connectivity index (χ0v) is 22.1. The quantitative estimate of drug-likeness (QED) is 0.385. The topological polar surface area (TPSA) is 149 Å². The third-order valence-corrected chi connectivity index (χ3v) is 7.82. The van der Waals surface area contributed by atoms with E-state index in [0.29, 0.717) is 0 Å². The van der Waals surface area contributed by atoms with Crippen molar-refractivity contribution in [3.05, 3.63) is 40.7 Å². The van der Waals surface area contributed by atoms with E-state index < -0.39 is 45.1 Å². The Balaban J connectivity index is 1.93. The first-order valence-electron chi connectivity index (χ1n) is 11.6. The molecular formula is C23H29ClFN3O8S. The second-order valence-electron chi connectivity index (χ2n) is 8.62. The first kappa shape index (κ1) is 28.8. The van der Waals surface area contributed by atoms with Crippen molar-refractivity contribution in [2.45, 2.75) is 56.9 Å². The molecule has 0 saturated carbocycles. The van der Waals surface area contributed by atoms with Gasteiger partial charge in [-0.2, -0.15) is 0 Å². The molecule has 1 aliphatic heterocycles. The summed E-state index contributed by atoms with van der Waals surface area (Å²) in [6.07, 6.45) is -0.178. The second-order valence-corrected chi connectivity index (χ2v) is 10.9. The summed E-state index contributed by atoms with van der Waals surface area (Å²) in [5.41, 5.74) is -0.261. The first-order valence-corrected chi connectivity index (χ1v) is 13.5. The number of ether oxygens (including phenoxy) is 3. The highest BCUT2D eigenvalue weighted by Crippen LogP contribution is 2.41. The third kappa shape index (κ3) is 7.18. The molecule has 3 rings (SSSR count). The smallest absolute Gasteiger partial charge is 0.335 e. The van der Waals surface area contributed by atoms with Crippen LogP contribution >= 0.6 is 11.6 Å². The summed E-state index contributed by atoms with van der Waals surface area (Å²) in [6, 6.07) is 3.18. The molecule has 14 heteroatoms. The highest BCUT2D eigenvalue weighted by atomic mass is 35.5. The largest absolute Gasteiger partial charge is 0.463 e. The molecule has 1 fully saturated rings. The summed E-state index contributed by atoms with van der Waals surface area (Å²) in [7, 11) is -4.25. The summed E-state index contributed by atoms with van der Waals surface area (Å²) in [6.45, 7) is 4.37. The minimum atomic E-state index is -4.25. The number of sulfonamides is 1. The van der Waals surface area contributed by atoms with Gasteiger partial charge in [0.1, 0.15) is 23.3 Å². The maximum Gasteiger partial charge on any atom is 0.335 e. The average Bonchev–Trinajstić information content (AvgIpc) is 3.14. The van der Waals surface area contributed by atoms with E-state index in [1.807, 2.05) is 0 Å². The van der Waals surface area contributed by atoms with Gasteiger partial charge in [0.25, 0.3) is 0 Å². The van der Waals surface area contributed by atoms with Gasteiger partial charge < -0.3 is 24.8 Å². The van der Waals surface area contributed by atoms with Crippen LogP contribution < -0.4 is 15.4 Å². The van der Waals surface area contributed by atoms with E-state index in [9.17, 15) is 27.2 Å². The standard InChI is InChI=1S/C23H29ClFN3O8S/c1-4-34-22(31)16-10-23(35-19(11-26-13(2)29)20(36-23)12-27-14(3)30)8-7-21(16)37(32,33)28-18-6-5-15(25)9-17(18)24/h5-6,9-10,19-21,28H,4,7-8,11-12H2,1-3H3,(H,26,29)(H,27,30). The molecule has 1 spiro atoms. The Bertz CT molecular complexity index is 1170. The van der Waals surface area contributed by atoms with E-state index in [1.54, 1.807) is 6.92 Å². The number of carbonyl (C=O) groups excluding carboxylic acids is 3. The van der Waals surface area contributed by atoms with E-state index in [2.05, 4.69) is 15.4 Å². The number of hydrogen-bond acceptors (Lipinski definition) is 8. The molecule has 0 aromatic heterocycles. The minimum absolute atomic E-state index is 0.00874. The summed E-state index contributed by atoms with van der Waals surface area (Å²) in [5.74, 6) is -3.61. The number of nitrogens with one attached hydrogen (secondary N) is 3. The number of esters is 1. The van der Waals surface area contributed by atoms with Crippen LogP contribution in [-0.4, -0.2) is 69.1 Å². The van der Waals surface area contributed by atoms with Crippen LogP contribution in [0.15, 0.2) is 29.8 Å². The van der Waals surface area contributed by atoms with Gasteiger partial charge in [-0.15, -0.1) is 0 Å². The van der Waals surface area contributed by atoms with Crippen LogP contribution in [0, 0.1) is 5.82 Å². The number of rotatable bonds is 9. The summed E-state index contributed by atoms with van der Waals surface area (Å²) in [5, 5.41) is 3.77. The lowest BCUT2D eigenvalue weighted by atomic mass is 9.94. The molecule has 1 aromatic rings. The second kappa shape index (κ2) is 11.8. The molecule has 1 saturated heterocycles. The number of halogens is 2. The van der Waals surface area contributed by atoms with Crippen LogP contribution in [0.3, 0.4) is 0 Å². The Morgan fingerprint density at radius 2 is 1.73 bits per heavy atom. The summed E-state index contributed by atoms with van der Waals surface area (Å²) >= 11 is 5.98. The van der Waals surface area contributed by atoms with Gasteiger partial charge in [-0.3, -0.25) is 14.3 Å². The van der Waals surface area contributed by atoms with Crippen molar-refractivity contribution in [1.29, 1.82) is 0 Å². The normalized spacial score (nSPS) is 25.3. The van der Waals surface area contributed by atoms with E-state index in [4.69, 9.17) is 25.8 Å². The van der Waals surface area contributed by atoms with Gasteiger partial charge in [-0.25, -0.2) is 17.6 Å². The Kier molecular flexibility index (Phi) is 9.16. The van der Waals surface area contributed by atoms with Gasteiger partial charge in [0, 0.05) is 33.4 Å². The lowest BCUT2D eigenvalue weighted by Gasteiger charge is -2.33. The van der Waals surface area contributed by atoms with Crippen LogP contribution in [0.2, 0.25) is 5.02 Å². The highest BCUT2D eigenvalue weighted by molar-refractivity contribution is 7.93. The maximum atomic E-state index is 13.4. The number of carbonyl (C=O) groups is 3. The Morgan fingerprint density at radius 3 is 2.24 bits per heavy atom. The Hall–Kier alpha value is -2.74. The fraction of sp³-hybridized carbons (Fsp3) is 0.522. The lowest BCUT2D eigenvalue weighted by molar-refractivity contribution is -0.151. The first-order chi connectivity index (χ1) is 17.4. The van der Waals surface area contributed by atoms with Gasteiger partial charge in [0.15, 0.2) is 5.79 Å². The van der Waals surface area contributed by atoms with Crippen LogP contribution in [0.25, 0.3) is 0 Å². The van der Waals surface area contributed by atoms with Crippen molar-refractivity contribution >= 4 is 45.1 Å². The highest BCUT2D eigenvalue weighted by Gasteiger charge is 2.51. The predicted octanol–water partition coefficient (Wildman–Crippen LogP) is 1.63. The molecule has 2 amide bonds. The van der Waals surface area contributed by atoms with E-state index in [-0.39, 0.29) is 60.6 Å². The van der Waals surface area contributed by atoms with E-state index in [1.165, 1.54) is 26.0 Å². The Morgan fingerprint density at radius 1 is 1.14 bits per heavy atom. The summed E-state index contributed by atoms with van der Waals surface area (Å²) < 4.78 is 59.7. The molecule has 1 aromatic carbocycles. The molecule has 1 heterocycles. The molecule has 0 radical (unpaired) electrons. The number of hydrogen-bond donors (Lipinski definition) is 3. The molecule has 204 valence electrons. The van der Waals surface area contributed by atoms with E-state index in [0.717, 1.165) is 12.1 Å². The van der Waals surface area contributed by atoms with Gasteiger partial charge in [0.2, 0.25) is 21.8 Å². The van der Waals surface area contributed by atoms with Crippen molar-refractivity contribution in [3.8, 4) is 0 Å². The van der Waals surface area contributed by atoms with Crippen molar-refractivity contribution in [2.24, 2.45) is 0 Å². The predicted molar refractivity (Wildman–Crippen MR) is 132 cm³/mol. The molecule has 1 aliphatic carbocycles. The average molecular weight is 562 g/mol. The lowest BCUT2D eigenvalue weighted by Crippen LogP contribution is -2.43. The van der Waals surface area contributed by atoms with Crippen molar-refractivity contribution in [1.82, 2.24) is 10.6 Å². The fourth-order valence-corrected chi connectivity index (χ4v) is 5.95. The molecule has 3 atom stereocenters. The van der Waals surface area contributed by atoms with E-state index >= 15 is 0 Å². The minimum Gasteiger partial charge on any atom is -0.463 e. The van der Waals surface area contributed by atoms with Gasteiger partial charge >= 0.3 is 5.97 Å². The van der Waals surface area contributed by atoms with Crippen LogP contribution in [0.5, 0.6) is 0 Å². The molecule has 3 unspecified atom stereocenters. The maximum absolute atomic E-state index is 13.4. The van der Waals surface area contributed by atoms with Crippen LogP contribution in [0.4, 0.5) is 10.1 Å². The van der Waals surface area contributed by atoms with Crippen molar-refractivity contribution < 1.29 is 41.4 Å².